The largest absolute Gasteiger partial charge is 0.313 e. The van der Waals surface area contributed by atoms with E-state index < -0.39 is 0 Å². The second-order valence-electron chi connectivity index (χ2n) is 4.21. The van der Waals surface area contributed by atoms with Crippen molar-refractivity contribution in [1.82, 2.24) is 10.6 Å². The highest BCUT2D eigenvalue weighted by Gasteiger charge is 2.10. The van der Waals surface area contributed by atoms with Crippen LogP contribution in [0.2, 0.25) is 0 Å². The molecule has 1 fully saturated rings. The molecular formula is C12H20N2S. The first kappa shape index (κ1) is 11.1. The van der Waals surface area contributed by atoms with E-state index >= 15 is 0 Å². The summed E-state index contributed by atoms with van der Waals surface area (Å²) in [5.41, 5.74) is 0. The monoisotopic (exact) mass is 224 g/mol. The topological polar surface area (TPSA) is 24.1 Å². The van der Waals surface area contributed by atoms with Crippen LogP contribution in [-0.4, -0.2) is 19.1 Å². The number of rotatable bonds is 4. The molecule has 0 saturated carbocycles. The minimum atomic E-state index is 0.687. The van der Waals surface area contributed by atoms with Crippen LogP contribution in [0.5, 0.6) is 0 Å². The molecule has 1 aliphatic heterocycles. The summed E-state index contributed by atoms with van der Waals surface area (Å²) in [4.78, 5) is 1.43. The molecule has 1 aromatic rings. The van der Waals surface area contributed by atoms with Crippen molar-refractivity contribution in [3.8, 4) is 0 Å². The number of thiophene rings is 1. The summed E-state index contributed by atoms with van der Waals surface area (Å²) in [6.07, 6.45) is 5.46. The van der Waals surface area contributed by atoms with Gasteiger partial charge in [-0.2, -0.15) is 0 Å². The molecule has 0 spiro atoms. The van der Waals surface area contributed by atoms with Crippen LogP contribution in [0.3, 0.4) is 0 Å². The van der Waals surface area contributed by atoms with Gasteiger partial charge in [-0.1, -0.05) is 18.9 Å². The average molecular weight is 224 g/mol. The van der Waals surface area contributed by atoms with Crippen LogP contribution in [0, 0.1) is 0 Å². The van der Waals surface area contributed by atoms with Crippen LogP contribution < -0.4 is 10.6 Å². The normalized spacial score (nSPS) is 22.5. The number of hydrogen-bond donors (Lipinski definition) is 2. The standard InChI is InChI=1S/C12H20N2S/c1-2-5-11(14-7-3-1)9-13-10-12-6-4-8-15-12/h4,6,8,11,13-14H,1-3,5,7,9-10H2. The maximum absolute atomic E-state index is 3.60. The summed E-state index contributed by atoms with van der Waals surface area (Å²) >= 11 is 1.83. The smallest absolute Gasteiger partial charge is 0.0300 e. The molecule has 1 saturated heterocycles. The summed E-state index contributed by atoms with van der Waals surface area (Å²) in [7, 11) is 0. The van der Waals surface area contributed by atoms with Gasteiger partial charge in [-0.15, -0.1) is 11.3 Å². The van der Waals surface area contributed by atoms with E-state index in [9.17, 15) is 0 Å². The predicted molar refractivity (Wildman–Crippen MR) is 66.3 cm³/mol. The third kappa shape index (κ3) is 3.93. The van der Waals surface area contributed by atoms with Crippen molar-refractivity contribution < 1.29 is 0 Å². The summed E-state index contributed by atoms with van der Waals surface area (Å²) < 4.78 is 0. The molecule has 1 aromatic heterocycles. The van der Waals surface area contributed by atoms with Crippen LogP contribution in [0.25, 0.3) is 0 Å². The minimum absolute atomic E-state index is 0.687. The molecule has 84 valence electrons. The Hall–Kier alpha value is -0.380. The van der Waals surface area contributed by atoms with Gasteiger partial charge < -0.3 is 10.6 Å². The lowest BCUT2D eigenvalue weighted by atomic mass is 10.1. The van der Waals surface area contributed by atoms with Crippen molar-refractivity contribution in [3.05, 3.63) is 22.4 Å². The van der Waals surface area contributed by atoms with Gasteiger partial charge in [0.25, 0.3) is 0 Å². The van der Waals surface area contributed by atoms with Gasteiger partial charge in [0.15, 0.2) is 0 Å². The van der Waals surface area contributed by atoms with Crippen molar-refractivity contribution in [2.45, 2.75) is 38.3 Å². The zero-order chi connectivity index (χ0) is 10.3. The van der Waals surface area contributed by atoms with Crippen molar-refractivity contribution >= 4 is 11.3 Å². The van der Waals surface area contributed by atoms with Gasteiger partial charge in [-0.25, -0.2) is 0 Å². The highest BCUT2D eigenvalue weighted by Crippen LogP contribution is 2.09. The first-order valence-corrected chi connectivity index (χ1v) is 6.79. The Bertz CT molecular complexity index is 251. The van der Waals surface area contributed by atoms with E-state index in [1.807, 2.05) is 11.3 Å². The van der Waals surface area contributed by atoms with Crippen LogP contribution >= 0.6 is 11.3 Å². The van der Waals surface area contributed by atoms with Gasteiger partial charge in [0.2, 0.25) is 0 Å². The molecule has 2 rings (SSSR count). The van der Waals surface area contributed by atoms with E-state index in [1.54, 1.807) is 0 Å². The summed E-state index contributed by atoms with van der Waals surface area (Å²) in [6.45, 7) is 3.33. The first-order chi connectivity index (χ1) is 7.45. The summed E-state index contributed by atoms with van der Waals surface area (Å²) in [5, 5.41) is 9.28. The molecule has 15 heavy (non-hydrogen) atoms. The van der Waals surface area contributed by atoms with Crippen molar-refractivity contribution in [2.24, 2.45) is 0 Å². The third-order valence-electron chi connectivity index (χ3n) is 2.93. The lowest BCUT2D eigenvalue weighted by Gasteiger charge is -2.15. The van der Waals surface area contributed by atoms with Crippen LogP contribution in [-0.2, 0) is 6.54 Å². The highest BCUT2D eigenvalue weighted by molar-refractivity contribution is 7.09. The maximum atomic E-state index is 3.60. The van der Waals surface area contributed by atoms with Gasteiger partial charge in [0.1, 0.15) is 0 Å². The Balaban J connectivity index is 1.64. The van der Waals surface area contributed by atoms with E-state index in [0.29, 0.717) is 6.04 Å². The zero-order valence-electron chi connectivity index (χ0n) is 9.17. The lowest BCUT2D eigenvalue weighted by Crippen LogP contribution is -2.37. The van der Waals surface area contributed by atoms with Gasteiger partial charge in [0.05, 0.1) is 0 Å². The summed E-state index contributed by atoms with van der Waals surface area (Å²) in [5.74, 6) is 0. The maximum Gasteiger partial charge on any atom is 0.0300 e. The molecule has 2 heterocycles. The molecule has 0 bridgehead atoms. The zero-order valence-corrected chi connectivity index (χ0v) is 9.98. The second kappa shape index (κ2) is 6.26. The number of hydrogen-bond acceptors (Lipinski definition) is 3. The van der Waals surface area contributed by atoms with Crippen molar-refractivity contribution in [2.75, 3.05) is 13.1 Å². The van der Waals surface area contributed by atoms with Crippen LogP contribution in [0.4, 0.5) is 0 Å². The van der Waals surface area contributed by atoms with Crippen molar-refractivity contribution in [3.63, 3.8) is 0 Å². The first-order valence-electron chi connectivity index (χ1n) is 5.91. The SMILES string of the molecule is c1csc(CNCC2CCCCCN2)c1. The predicted octanol–water partition coefficient (Wildman–Crippen LogP) is 2.37. The Kier molecular flexibility index (Phi) is 4.64. The molecule has 2 N–H and O–H groups in total. The van der Waals surface area contributed by atoms with Gasteiger partial charge >= 0.3 is 0 Å². The molecule has 1 aliphatic rings. The Morgan fingerprint density at radius 2 is 2.40 bits per heavy atom. The molecule has 1 unspecified atom stereocenters. The Morgan fingerprint density at radius 1 is 1.40 bits per heavy atom. The quantitative estimate of drug-likeness (QED) is 0.820. The van der Waals surface area contributed by atoms with E-state index in [1.165, 1.54) is 37.1 Å². The number of nitrogens with one attached hydrogen (secondary N) is 2. The minimum Gasteiger partial charge on any atom is -0.313 e. The van der Waals surface area contributed by atoms with E-state index in [0.717, 1.165) is 13.1 Å². The van der Waals surface area contributed by atoms with Crippen molar-refractivity contribution in [1.29, 1.82) is 0 Å². The molecule has 0 radical (unpaired) electrons. The molecule has 1 atom stereocenters. The molecule has 3 heteroatoms. The van der Waals surface area contributed by atoms with E-state index in [4.69, 9.17) is 0 Å². The van der Waals surface area contributed by atoms with Gasteiger partial charge in [-0.05, 0) is 30.8 Å². The summed E-state index contributed by atoms with van der Waals surface area (Å²) in [6, 6.07) is 5.00. The third-order valence-corrected chi connectivity index (χ3v) is 3.81. The fourth-order valence-corrected chi connectivity index (χ4v) is 2.73. The molecule has 0 aromatic carbocycles. The molecule has 2 nitrogen and oxygen atoms in total. The van der Waals surface area contributed by atoms with Gasteiger partial charge in [-0.3, -0.25) is 0 Å². The fraction of sp³-hybridized carbons (Fsp3) is 0.667. The highest BCUT2D eigenvalue weighted by atomic mass is 32.1. The molecule has 0 aliphatic carbocycles. The van der Waals surface area contributed by atoms with Crippen LogP contribution in [0.15, 0.2) is 17.5 Å². The second-order valence-corrected chi connectivity index (χ2v) is 5.24. The lowest BCUT2D eigenvalue weighted by molar-refractivity contribution is 0.471. The molecular weight excluding hydrogens is 204 g/mol. The average Bonchev–Trinajstić information content (AvgIpc) is 2.62. The van der Waals surface area contributed by atoms with E-state index in [2.05, 4.69) is 28.1 Å². The Labute approximate surface area is 96.1 Å². The Morgan fingerprint density at radius 3 is 3.27 bits per heavy atom. The van der Waals surface area contributed by atoms with Gasteiger partial charge in [0, 0.05) is 24.0 Å². The molecule has 0 amide bonds. The van der Waals surface area contributed by atoms with E-state index in [-0.39, 0.29) is 0 Å². The fourth-order valence-electron chi connectivity index (χ4n) is 2.06. The van der Waals surface area contributed by atoms with Crippen LogP contribution in [0.1, 0.15) is 30.6 Å².